The molecule has 268 valence electrons. The van der Waals surface area contributed by atoms with E-state index < -0.39 is 30.2 Å². The van der Waals surface area contributed by atoms with Crippen LogP contribution >= 0.6 is 0 Å². The fourth-order valence-corrected chi connectivity index (χ4v) is 5.14. The normalized spacial score (nSPS) is 14.8. The molecule has 1 saturated heterocycles. The number of hydrogen-bond donors (Lipinski definition) is 5. The summed E-state index contributed by atoms with van der Waals surface area (Å²) in [6.45, 7) is 4.66. The molecule has 2 aliphatic rings. The Hall–Kier alpha value is -5.51. The molecule has 2 heterocycles. The Morgan fingerprint density at radius 2 is 1.56 bits per heavy atom. The number of esters is 1. The number of alkyl halides is 3. The lowest BCUT2D eigenvalue weighted by Crippen LogP contribution is -2.53. The molecule has 50 heavy (non-hydrogen) atoms. The van der Waals surface area contributed by atoms with Crippen molar-refractivity contribution in [2.24, 2.45) is 0 Å². The van der Waals surface area contributed by atoms with Crippen molar-refractivity contribution in [3.63, 3.8) is 0 Å². The third-order valence-corrected chi connectivity index (χ3v) is 7.67. The summed E-state index contributed by atoms with van der Waals surface area (Å²) in [6.07, 6.45) is -3.28. The molecule has 0 saturated carbocycles. The van der Waals surface area contributed by atoms with Gasteiger partial charge in [-0.25, -0.2) is 14.4 Å². The molecule has 5 N–H and O–H groups in total. The third-order valence-electron chi connectivity index (χ3n) is 7.67. The molecule has 16 heteroatoms. The average Bonchev–Trinajstić information content (AvgIpc) is 3.55. The molecule has 0 bridgehead atoms. The molecular formula is C34H37F3N4O9. The summed E-state index contributed by atoms with van der Waals surface area (Å²) in [5.41, 5.74) is 2.77. The summed E-state index contributed by atoms with van der Waals surface area (Å²) in [5, 5.41) is 25.4. The number of nitrogens with one attached hydrogen (secondary N) is 3. The van der Waals surface area contributed by atoms with Crippen LogP contribution in [0.1, 0.15) is 41.3 Å². The van der Waals surface area contributed by atoms with Crippen molar-refractivity contribution in [2.75, 3.05) is 31.8 Å². The highest BCUT2D eigenvalue weighted by Crippen LogP contribution is 2.33. The van der Waals surface area contributed by atoms with E-state index in [0.717, 1.165) is 55.1 Å². The topological polar surface area (TPSA) is 176 Å². The lowest BCUT2D eigenvalue weighted by Gasteiger charge is -2.33. The number of aromatic hydroxyl groups is 1. The van der Waals surface area contributed by atoms with Gasteiger partial charge in [0.2, 0.25) is 12.7 Å². The number of nitrogens with zero attached hydrogens (tertiary/aromatic N) is 1. The van der Waals surface area contributed by atoms with Gasteiger partial charge in [-0.1, -0.05) is 18.2 Å². The predicted molar refractivity (Wildman–Crippen MR) is 173 cm³/mol. The monoisotopic (exact) mass is 702 g/mol. The molecule has 3 amide bonds. The summed E-state index contributed by atoms with van der Waals surface area (Å²) in [6, 6.07) is 17.4. The molecule has 0 aromatic heterocycles. The summed E-state index contributed by atoms with van der Waals surface area (Å²) in [4.78, 5) is 49.5. The van der Waals surface area contributed by atoms with Gasteiger partial charge in [0.05, 0.1) is 12.2 Å². The number of phenols is 1. The number of hydrogen-bond acceptors (Lipinski definition) is 9. The van der Waals surface area contributed by atoms with E-state index in [4.69, 9.17) is 24.1 Å². The van der Waals surface area contributed by atoms with E-state index >= 15 is 0 Å². The molecule has 2 aliphatic heterocycles. The number of carbonyl (C=O) groups is 4. The number of phenolic OH excluding ortho intramolecular Hbond substituents is 1. The first-order valence-corrected chi connectivity index (χ1v) is 15.6. The van der Waals surface area contributed by atoms with Crippen molar-refractivity contribution < 1.29 is 56.8 Å². The summed E-state index contributed by atoms with van der Waals surface area (Å²) >= 11 is 0. The second-order valence-electron chi connectivity index (χ2n) is 11.4. The van der Waals surface area contributed by atoms with Gasteiger partial charge in [0, 0.05) is 37.8 Å². The van der Waals surface area contributed by atoms with Gasteiger partial charge in [0.15, 0.2) is 11.5 Å². The maximum atomic E-state index is 13.4. The number of ether oxygens (including phenoxy) is 3. The Morgan fingerprint density at radius 3 is 2.18 bits per heavy atom. The van der Waals surface area contributed by atoms with Crippen LogP contribution in [-0.2, 0) is 27.3 Å². The number of fused-ring (bicyclic) bond motifs is 1. The number of likely N-dealkylation sites (tertiary alicyclic amines) is 1. The van der Waals surface area contributed by atoms with E-state index in [1.54, 1.807) is 55.5 Å². The third kappa shape index (κ3) is 11.3. The van der Waals surface area contributed by atoms with Crippen molar-refractivity contribution in [2.45, 2.75) is 51.0 Å². The Kier molecular flexibility index (Phi) is 12.9. The van der Waals surface area contributed by atoms with Crippen molar-refractivity contribution >= 4 is 29.6 Å². The Morgan fingerprint density at radius 1 is 0.940 bits per heavy atom. The van der Waals surface area contributed by atoms with E-state index in [1.165, 1.54) is 0 Å². The lowest BCUT2D eigenvalue weighted by molar-refractivity contribution is -0.192. The number of rotatable bonds is 10. The maximum absolute atomic E-state index is 13.4. The van der Waals surface area contributed by atoms with Crippen LogP contribution in [0.3, 0.4) is 0 Å². The second kappa shape index (κ2) is 17.2. The molecule has 1 fully saturated rings. The highest BCUT2D eigenvalue weighted by molar-refractivity contribution is 5.95. The highest BCUT2D eigenvalue weighted by atomic mass is 19.4. The fourth-order valence-electron chi connectivity index (χ4n) is 5.14. The molecule has 3 aromatic carbocycles. The van der Waals surface area contributed by atoms with Gasteiger partial charge in [-0.2, -0.15) is 13.2 Å². The highest BCUT2D eigenvalue weighted by Gasteiger charge is 2.38. The number of amides is 3. The number of benzene rings is 3. The minimum absolute atomic E-state index is 0.0249. The lowest BCUT2D eigenvalue weighted by atomic mass is 10.0. The van der Waals surface area contributed by atoms with Crippen LogP contribution in [0, 0.1) is 0 Å². The maximum Gasteiger partial charge on any atom is 0.490 e. The number of halogens is 3. The quantitative estimate of drug-likeness (QED) is 0.190. The van der Waals surface area contributed by atoms with Gasteiger partial charge in [0.25, 0.3) is 0 Å². The van der Waals surface area contributed by atoms with Gasteiger partial charge in [0.1, 0.15) is 11.8 Å². The molecule has 5 rings (SSSR count). The smallest absolute Gasteiger partial charge is 0.490 e. The van der Waals surface area contributed by atoms with Crippen LogP contribution in [0.2, 0.25) is 0 Å². The summed E-state index contributed by atoms with van der Waals surface area (Å²) in [7, 11) is 0. The van der Waals surface area contributed by atoms with E-state index in [1.807, 2.05) is 18.2 Å². The predicted octanol–water partition coefficient (Wildman–Crippen LogP) is 4.44. The van der Waals surface area contributed by atoms with Crippen LogP contribution in [0.25, 0.3) is 0 Å². The molecule has 13 nitrogen and oxygen atoms in total. The van der Waals surface area contributed by atoms with Crippen LogP contribution < -0.4 is 25.4 Å². The molecule has 3 aromatic rings. The van der Waals surface area contributed by atoms with Gasteiger partial charge in [-0.15, -0.1) is 0 Å². The molecular weight excluding hydrogens is 665 g/mol. The minimum Gasteiger partial charge on any atom is -0.508 e. The Balaban J connectivity index is 0.000000727. The second-order valence-corrected chi connectivity index (χ2v) is 11.4. The van der Waals surface area contributed by atoms with Gasteiger partial charge < -0.3 is 40.4 Å². The molecule has 1 atom stereocenters. The number of carboxylic acids is 1. The zero-order valence-electron chi connectivity index (χ0n) is 27.0. The number of anilines is 1. The largest absolute Gasteiger partial charge is 0.508 e. The van der Waals surface area contributed by atoms with Crippen LogP contribution in [0.4, 0.5) is 23.7 Å². The molecule has 0 radical (unpaired) electrons. The van der Waals surface area contributed by atoms with E-state index in [9.17, 15) is 32.7 Å². The zero-order valence-corrected chi connectivity index (χ0v) is 27.0. The first-order chi connectivity index (χ1) is 23.8. The molecule has 0 unspecified atom stereocenters. The molecule has 0 spiro atoms. The zero-order chi connectivity index (χ0) is 36.3. The van der Waals surface area contributed by atoms with E-state index in [-0.39, 0.29) is 37.5 Å². The fraction of sp³-hybridized carbons (Fsp3) is 0.353. The Labute approximate surface area is 285 Å². The van der Waals surface area contributed by atoms with Crippen molar-refractivity contribution in [1.82, 2.24) is 15.5 Å². The summed E-state index contributed by atoms with van der Waals surface area (Å²) in [5.74, 6) is -1.83. The van der Waals surface area contributed by atoms with Gasteiger partial charge in [-0.05, 0) is 79.4 Å². The number of aliphatic carboxylic acids is 1. The minimum atomic E-state index is -5.08. The molecule has 0 aliphatic carbocycles. The van der Waals surface area contributed by atoms with Crippen LogP contribution in [0.5, 0.6) is 17.2 Å². The van der Waals surface area contributed by atoms with E-state index in [2.05, 4.69) is 20.9 Å². The van der Waals surface area contributed by atoms with E-state index in [0.29, 0.717) is 11.3 Å². The Bertz CT molecular complexity index is 1630. The van der Waals surface area contributed by atoms with Gasteiger partial charge in [-0.3, -0.25) is 9.69 Å². The SMILES string of the molecule is CCOC(=O)c1ccc(NC(=O)N[C@@H](Cc2ccc(O)cc2)C(=O)NC2CCN(Cc3ccc4c(c3)OCO4)CC2)cc1.O=C(O)C(F)(F)F. The van der Waals surface area contributed by atoms with Crippen LogP contribution in [0.15, 0.2) is 66.7 Å². The first-order valence-electron chi connectivity index (χ1n) is 15.6. The van der Waals surface area contributed by atoms with Crippen molar-refractivity contribution in [3.8, 4) is 17.2 Å². The van der Waals surface area contributed by atoms with Gasteiger partial charge >= 0.3 is 24.1 Å². The van der Waals surface area contributed by atoms with Crippen LogP contribution in [-0.4, -0.2) is 83.7 Å². The summed E-state index contributed by atoms with van der Waals surface area (Å²) < 4.78 is 47.6. The standard InChI is InChI=1S/C32H36N4O7.C2HF3O2/c1-2-41-31(39)23-6-8-24(9-7-23)34-32(40)35-27(17-21-3-10-26(37)11-4-21)30(38)33-25-13-15-36(16-14-25)19-22-5-12-28-29(18-22)43-20-42-28;3-2(4,5)1(6)7/h3-12,18,25,27,37H,2,13-17,19-20H2,1H3,(H,33,38)(H2,34,35,40);(H,6,7)/t27-;/m0./s1. The number of piperidine rings is 1. The van der Waals surface area contributed by atoms with Crippen molar-refractivity contribution in [3.05, 3.63) is 83.4 Å². The number of urea groups is 1. The first kappa shape index (κ1) is 37.3. The average molecular weight is 703 g/mol. The van der Waals surface area contributed by atoms with Crippen molar-refractivity contribution in [1.29, 1.82) is 0 Å². The number of carbonyl (C=O) groups excluding carboxylic acids is 3. The number of carboxylic acid groups (broad SMARTS) is 1.